The molecular weight excluding hydrogens is 430 g/mol. The molecule has 5 heteroatoms. The maximum absolute atomic E-state index is 11.1. The van der Waals surface area contributed by atoms with Crippen LogP contribution in [0.15, 0.2) is 30.3 Å². The molecule has 0 spiro atoms. The summed E-state index contributed by atoms with van der Waals surface area (Å²) in [6, 6.07) is 9.67. The Morgan fingerprint density at radius 2 is 1.42 bits per heavy atom. The van der Waals surface area contributed by atoms with Gasteiger partial charge in [0.25, 0.3) is 0 Å². The average molecular weight is 470 g/mol. The van der Waals surface area contributed by atoms with Gasteiger partial charge in [-0.15, -0.1) is 15.0 Å². The predicted octanol–water partition coefficient (Wildman–Crippen LogP) is 8.54. The molecule has 3 rings (SSSR count). The van der Waals surface area contributed by atoms with Crippen molar-refractivity contribution in [1.29, 1.82) is 0 Å². The van der Waals surface area contributed by atoms with Crippen LogP contribution < -0.4 is 0 Å². The van der Waals surface area contributed by atoms with Crippen LogP contribution in [-0.4, -0.2) is 20.1 Å². The van der Waals surface area contributed by atoms with E-state index in [2.05, 4.69) is 44.0 Å². The largest absolute Gasteiger partial charge is 0.505 e. The molecule has 1 aromatic heterocycles. The minimum absolute atomic E-state index is 0.178. The number of phenolic OH excluding ortho intramolecular Hbond substituents is 1. The van der Waals surface area contributed by atoms with E-state index in [-0.39, 0.29) is 11.2 Å². The summed E-state index contributed by atoms with van der Waals surface area (Å²) < 4.78 is 0. The summed E-state index contributed by atoms with van der Waals surface area (Å²) in [5, 5.41) is 20.9. The van der Waals surface area contributed by atoms with Crippen LogP contribution in [0.3, 0.4) is 0 Å². The fourth-order valence-electron chi connectivity index (χ4n) is 4.36. The fraction of sp³-hybridized carbons (Fsp3) is 0.571. The molecule has 0 aliphatic carbocycles. The van der Waals surface area contributed by atoms with Crippen LogP contribution in [0.4, 0.5) is 0 Å². The molecule has 0 fully saturated rings. The van der Waals surface area contributed by atoms with Gasteiger partial charge in [0.15, 0.2) is 0 Å². The van der Waals surface area contributed by atoms with E-state index in [1.54, 1.807) is 10.9 Å². The van der Waals surface area contributed by atoms with Gasteiger partial charge < -0.3 is 5.11 Å². The lowest BCUT2D eigenvalue weighted by Gasteiger charge is -2.23. The maximum Gasteiger partial charge on any atom is 0.146 e. The van der Waals surface area contributed by atoms with Crippen molar-refractivity contribution in [3.05, 3.63) is 46.5 Å². The molecule has 1 heterocycles. The van der Waals surface area contributed by atoms with E-state index in [9.17, 15) is 5.11 Å². The zero-order valence-corrected chi connectivity index (χ0v) is 21.6. The van der Waals surface area contributed by atoms with Crippen molar-refractivity contribution in [2.45, 2.75) is 104 Å². The molecule has 2 aromatic carbocycles. The third kappa shape index (κ3) is 7.20. The second-order valence-electron chi connectivity index (χ2n) is 10.3. The van der Waals surface area contributed by atoms with Gasteiger partial charge in [0, 0.05) is 10.6 Å². The van der Waals surface area contributed by atoms with Gasteiger partial charge in [-0.25, -0.2) is 0 Å². The third-order valence-electron chi connectivity index (χ3n) is 6.33. The molecule has 0 bridgehead atoms. The molecule has 0 unspecified atom stereocenters. The lowest BCUT2D eigenvalue weighted by molar-refractivity contribution is 0.440. The van der Waals surface area contributed by atoms with Crippen LogP contribution in [0.1, 0.15) is 103 Å². The van der Waals surface area contributed by atoms with E-state index >= 15 is 0 Å². The van der Waals surface area contributed by atoms with E-state index in [1.807, 2.05) is 18.2 Å². The summed E-state index contributed by atoms with van der Waals surface area (Å²) in [5.41, 5.74) is 4.10. The van der Waals surface area contributed by atoms with Crippen molar-refractivity contribution >= 4 is 22.6 Å². The van der Waals surface area contributed by atoms with Crippen molar-refractivity contribution in [1.82, 2.24) is 15.0 Å². The molecule has 0 aliphatic rings. The number of unbranched alkanes of at least 4 members (excludes halogenated alkanes) is 9. The minimum atomic E-state index is -0.178. The summed E-state index contributed by atoms with van der Waals surface area (Å²) >= 11 is 6.12. The van der Waals surface area contributed by atoms with E-state index in [4.69, 9.17) is 11.6 Å². The summed E-state index contributed by atoms with van der Waals surface area (Å²) in [5.74, 6) is 0.251. The van der Waals surface area contributed by atoms with Gasteiger partial charge in [0.1, 0.15) is 22.5 Å². The molecule has 0 radical (unpaired) electrons. The first-order valence-electron chi connectivity index (χ1n) is 12.7. The number of phenols is 1. The number of aromatic hydroxyl groups is 1. The normalized spacial score (nSPS) is 12.0. The Morgan fingerprint density at radius 1 is 0.818 bits per heavy atom. The molecule has 33 heavy (non-hydrogen) atoms. The molecule has 0 saturated heterocycles. The highest BCUT2D eigenvalue weighted by Gasteiger charge is 2.23. The van der Waals surface area contributed by atoms with Gasteiger partial charge in [0.05, 0.1) is 0 Å². The van der Waals surface area contributed by atoms with Gasteiger partial charge in [0.2, 0.25) is 0 Å². The number of aromatic nitrogens is 3. The van der Waals surface area contributed by atoms with Crippen LogP contribution in [-0.2, 0) is 11.8 Å². The molecule has 1 N–H and O–H groups in total. The summed E-state index contributed by atoms with van der Waals surface area (Å²) in [4.78, 5) is 1.55. The quantitative estimate of drug-likeness (QED) is 0.270. The number of rotatable bonds is 12. The lowest BCUT2D eigenvalue weighted by Crippen LogP contribution is -2.14. The Hall–Kier alpha value is -2.07. The third-order valence-corrected chi connectivity index (χ3v) is 6.57. The second kappa shape index (κ2) is 11.9. The summed E-state index contributed by atoms with van der Waals surface area (Å²) in [6.45, 7) is 8.65. The van der Waals surface area contributed by atoms with Crippen LogP contribution in [0.5, 0.6) is 5.75 Å². The smallest absolute Gasteiger partial charge is 0.146 e. The van der Waals surface area contributed by atoms with Crippen molar-refractivity contribution in [2.75, 3.05) is 0 Å². The van der Waals surface area contributed by atoms with Crippen molar-refractivity contribution in [3.63, 3.8) is 0 Å². The molecule has 0 saturated carbocycles. The topological polar surface area (TPSA) is 50.9 Å². The Kier molecular flexibility index (Phi) is 9.19. The molecular formula is C28H40ClN3O. The Bertz CT molecular complexity index is 1040. The van der Waals surface area contributed by atoms with Crippen LogP contribution >= 0.6 is 11.6 Å². The van der Waals surface area contributed by atoms with E-state index in [0.29, 0.717) is 10.7 Å². The summed E-state index contributed by atoms with van der Waals surface area (Å²) in [7, 11) is 0. The number of halogens is 1. The van der Waals surface area contributed by atoms with Crippen LogP contribution in [0, 0.1) is 0 Å². The molecule has 4 nitrogen and oxygen atoms in total. The van der Waals surface area contributed by atoms with E-state index in [0.717, 1.165) is 29.4 Å². The minimum Gasteiger partial charge on any atom is -0.505 e. The molecule has 180 valence electrons. The van der Waals surface area contributed by atoms with Crippen molar-refractivity contribution in [3.8, 4) is 11.4 Å². The van der Waals surface area contributed by atoms with Gasteiger partial charge in [-0.3, -0.25) is 0 Å². The number of aryl methyl sites for hydroxylation is 1. The second-order valence-corrected chi connectivity index (χ2v) is 10.8. The van der Waals surface area contributed by atoms with Crippen molar-refractivity contribution < 1.29 is 5.11 Å². The zero-order chi connectivity index (χ0) is 23.8. The SMILES string of the molecule is CCCCCCCCCCCCc1cc(-n2nc3ccc(Cl)cc3n2)c(O)c(C(C)(C)C)c1. The highest BCUT2D eigenvalue weighted by Crippen LogP contribution is 2.36. The first-order valence-corrected chi connectivity index (χ1v) is 13.1. The molecule has 0 aliphatic heterocycles. The fourth-order valence-corrected chi connectivity index (χ4v) is 4.52. The number of hydrogen-bond acceptors (Lipinski definition) is 3. The average Bonchev–Trinajstić information content (AvgIpc) is 3.18. The van der Waals surface area contributed by atoms with Gasteiger partial charge in [-0.2, -0.15) is 0 Å². The molecule has 0 atom stereocenters. The first kappa shape index (κ1) is 25.6. The molecule has 3 aromatic rings. The predicted molar refractivity (Wildman–Crippen MR) is 140 cm³/mol. The highest BCUT2D eigenvalue weighted by molar-refractivity contribution is 6.31. The number of nitrogens with zero attached hydrogens (tertiary/aromatic N) is 3. The standard InChI is InChI=1S/C28H40ClN3O/c1-5-6-7-8-9-10-11-12-13-14-15-21-18-23(28(2,3)4)27(33)26(19-21)32-30-24-17-16-22(29)20-25(24)31-32/h16-20,33H,5-15H2,1-4H3. The Labute approximate surface area is 204 Å². The number of hydrogen-bond donors (Lipinski definition) is 1. The van der Waals surface area contributed by atoms with Gasteiger partial charge >= 0.3 is 0 Å². The van der Waals surface area contributed by atoms with Gasteiger partial charge in [-0.05, 0) is 48.1 Å². The van der Waals surface area contributed by atoms with Crippen LogP contribution in [0.25, 0.3) is 16.7 Å². The Balaban J connectivity index is 1.67. The van der Waals surface area contributed by atoms with E-state index < -0.39 is 0 Å². The zero-order valence-electron chi connectivity index (χ0n) is 20.8. The first-order chi connectivity index (χ1) is 15.8. The van der Waals surface area contributed by atoms with Crippen molar-refractivity contribution in [2.24, 2.45) is 0 Å². The lowest BCUT2D eigenvalue weighted by atomic mass is 9.84. The Morgan fingerprint density at radius 3 is 2.06 bits per heavy atom. The van der Waals surface area contributed by atoms with Crippen LogP contribution in [0.2, 0.25) is 5.02 Å². The van der Waals surface area contributed by atoms with E-state index in [1.165, 1.54) is 63.4 Å². The monoisotopic (exact) mass is 469 g/mol. The maximum atomic E-state index is 11.1. The summed E-state index contributed by atoms with van der Waals surface area (Å²) in [6.07, 6.45) is 14.3. The van der Waals surface area contributed by atoms with Gasteiger partial charge in [-0.1, -0.05) is 103 Å². The number of fused-ring (bicyclic) bond motifs is 1. The molecule has 0 amide bonds. The number of benzene rings is 2. The highest BCUT2D eigenvalue weighted by atomic mass is 35.5.